The summed E-state index contributed by atoms with van der Waals surface area (Å²) in [6, 6.07) is 9.82. The average Bonchev–Trinajstić information content (AvgIpc) is 2.66. The van der Waals surface area contributed by atoms with Gasteiger partial charge in [0.2, 0.25) is 0 Å². The molecule has 1 heterocycles. The quantitative estimate of drug-likeness (QED) is 0.589. The fourth-order valence-corrected chi connectivity index (χ4v) is 3.03. The lowest BCUT2D eigenvalue weighted by Gasteiger charge is -2.43. The smallest absolute Gasteiger partial charge is 0.186 e. The van der Waals surface area contributed by atoms with Gasteiger partial charge in [0.1, 0.15) is 24.4 Å². The van der Waals surface area contributed by atoms with Gasteiger partial charge in [-0.15, -0.1) is 0 Å². The van der Waals surface area contributed by atoms with Gasteiger partial charge >= 0.3 is 0 Å². The van der Waals surface area contributed by atoms with Gasteiger partial charge in [0.05, 0.1) is 38.6 Å². The fourth-order valence-electron chi connectivity index (χ4n) is 3.03. The van der Waals surface area contributed by atoms with E-state index >= 15 is 0 Å². The second kappa shape index (κ2) is 11.8. The molecule has 2 rings (SSSR count). The summed E-state index contributed by atoms with van der Waals surface area (Å²) in [5.74, 6) is 0. The molecule has 0 saturated carbocycles. The summed E-state index contributed by atoms with van der Waals surface area (Å²) >= 11 is 0. The number of aliphatic hydroxyl groups is 2. The first-order chi connectivity index (χ1) is 13.4. The maximum Gasteiger partial charge on any atom is 0.186 e. The van der Waals surface area contributed by atoms with Gasteiger partial charge in [-0.2, -0.15) is 0 Å². The van der Waals surface area contributed by atoms with Crippen LogP contribution in [0.15, 0.2) is 30.3 Å². The Morgan fingerprint density at radius 3 is 2.29 bits per heavy atom. The van der Waals surface area contributed by atoms with E-state index in [0.717, 1.165) is 5.56 Å². The number of rotatable bonds is 11. The molecule has 0 aromatic heterocycles. The molecule has 0 aliphatic carbocycles. The number of hydrogen-bond acceptors (Lipinski definition) is 7. The van der Waals surface area contributed by atoms with Crippen molar-refractivity contribution in [3.05, 3.63) is 35.9 Å². The van der Waals surface area contributed by atoms with Crippen molar-refractivity contribution in [1.29, 1.82) is 0 Å². The van der Waals surface area contributed by atoms with Crippen LogP contribution in [0.3, 0.4) is 0 Å². The van der Waals surface area contributed by atoms with Gasteiger partial charge in [-0.25, -0.2) is 0 Å². The highest BCUT2D eigenvalue weighted by Crippen LogP contribution is 2.27. The van der Waals surface area contributed by atoms with Gasteiger partial charge in [-0.1, -0.05) is 30.3 Å². The molecule has 1 aliphatic heterocycles. The standard InChI is InChI=1S/C21H34O7/c1-14(2)27-18-13-26-21(25-12-17(23)10-22)20(19(18)28-15(3)4)24-11-16-8-6-5-7-9-16/h5-9,14-15,17-23H,10-13H2,1-4H3/t17-,18-,19+,20-,21+/m1/s1. The Hall–Kier alpha value is -1.06. The van der Waals surface area contributed by atoms with Crippen molar-refractivity contribution < 1.29 is 33.9 Å². The van der Waals surface area contributed by atoms with Crippen LogP contribution < -0.4 is 0 Å². The predicted molar refractivity (Wildman–Crippen MR) is 104 cm³/mol. The molecule has 5 atom stereocenters. The van der Waals surface area contributed by atoms with E-state index in [1.54, 1.807) is 0 Å². The van der Waals surface area contributed by atoms with E-state index in [1.165, 1.54) is 0 Å². The molecule has 28 heavy (non-hydrogen) atoms. The first-order valence-electron chi connectivity index (χ1n) is 9.89. The Kier molecular flexibility index (Phi) is 9.81. The van der Waals surface area contributed by atoms with Gasteiger partial charge in [0.25, 0.3) is 0 Å². The summed E-state index contributed by atoms with van der Waals surface area (Å²) in [7, 11) is 0. The minimum absolute atomic E-state index is 0.00955. The summed E-state index contributed by atoms with van der Waals surface area (Å²) < 4.78 is 29.9. The molecule has 1 aromatic carbocycles. The van der Waals surface area contributed by atoms with Crippen molar-refractivity contribution in [2.45, 2.75) is 77.2 Å². The zero-order valence-corrected chi connectivity index (χ0v) is 17.2. The molecule has 0 unspecified atom stereocenters. The van der Waals surface area contributed by atoms with Crippen molar-refractivity contribution in [3.8, 4) is 0 Å². The maximum atomic E-state index is 9.64. The Morgan fingerprint density at radius 1 is 1.00 bits per heavy atom. The number of aliphatic hydroxyl groups excluding tert-OH is 2. The van der Waals surface area contributed by atoms with Crippen molar-refractivity contribution in [2.24, 2.45) is 0 Å². The van der Waals surface area contributed by atoms with Crippen LogP contribution in [0.1, 0.15) is 33.3 Å². The molecule has 1 saturated heterocycles. The summed E-state index contributed by atoms with van der Waals surface area (Å²) in [5.41, 5.74) is 1.02. The summed E-state index contributed by atoms with van der Waals surface area (Å²) in [4.78, 5) is 0. The van der Waals surface area contributed by atoms with Gasteiger partial charge in [-0.3, -0.25) is 0 Å². The zero-order valence-electron chi connectivity index (χ0n) is 17.2. The van der Waals surface area contributed by atoms with Crippen LogP contribution in [0.2, 0.25) is 0 Å². The maximum absolute atomic E-state index is 9.64. The molecule has 0 bridgehead atoms. The molecule has 1 aromatic rings. The lowest BCUT2D eigenvalue weighted by molar-refractivity contribution is -0.307. The largest absolute Gasteiger partial charge is 0.394 e. The van der Waals surface area contributed by atoms with E-state index < -0.39 is 24.6 Å². The third-order valence-electron chi connectivity index (χ3n) is 4.21. The van der Waals surface area contributed by atoms with Crippen LogP contribution in [0.25, 0.3) is 0 Å². The normalized spacial score (nSPS) is 26.7. The molecule has 1 aliphatic rings. The lowest BCUT2D eigenvalue weighted by atomic mass is 10.0. The van der Waals surface area contributed by atoms with E-state index in [1.807, 2.05) is 58.0 Å². The molecular formula is C21H34O7. The molecule has 160 valence electrons. The van der Waals surface area contributed by atoms with Crippen molar-refractivity contribution in [2.75, 3.05) is 19.8 Å². The van der Waals surface area contributed by atoms with Crippen LogP contribution in [0.5, 0.6) is 0 Å². The van der Waals surface area contributed by atoms with E-state index in [9.17, 15) is 5.11 Å². The van der Waals surface area contributed by atoms with Gasteiger partial charge in [0, 0.05) is 0 Å². The van der Waals surface area contributed by atoms with Gasteiger partial charge in [-0.05, 0) is 33.3 Å². The zero-order chi connectivity index (χ0) is 20.5. The second-order valence-corrected chi connectivity index (χ2v) is 7.51. The highest BCUT2D eigenvalue weighted by molar-refractivity contribution is 5.13. The SMILES string of the molecule is CC(C)O[C@@H]1[C@@H](OCc2ccccc2)[C@@H](OC[C@H](O)CO)OC[C@H]1OC(C)C. The summed E-state index contributed by atoms with van der Waals surface area (Å²) in [5, 5.41) is 18.7. The second-order valence-electron chi connectivity index (χ2n) is 7.51. The number of hydrogen-bond donors (Lipinski definition) is 2. The third kappa shape index (κ3) is 7.40. The van der Waals surface area contributed by atoms with Crippen LogP contribution in [0.4, 0.5) is 0 Å². The molecule has 0 amide bonds. The highest BCUT2D eigenvalue weighted by atomic mass is 16.7. The fraction of sp³-hybridized carbons (Fsp3) is 0.714. The highest BCUT2D eigenvalue weighted by Gasteiger charge is 2.44. The van der Waals surface area contributed by atoms with E-state index in [-0.39, 0.29) is 31.5 Å². The van der Waals surface area contributed by atoms with Gasteiger partial charge in [0.15, 0.2) is 6.29 Å². The summed E-state index contributed by atoms with van der Waals surface area (Å²) in [6.07, 6.45) is -2.98. The van der Waals surface area contributed by atoms with Crippen molar-refractivity contribution in [3.63, 3.8) is 0 Å². The third-order valence-corrected chi connectivity index (χ3v) is 4.21. The van der Waals surface area contributed by atoms with E-state index in [4.69, 9.17) is 28.8 Å². The monoisotopic (exact) mass is 398 g/mol. The molecular weight excluding hydrogens is 364 g/mol. The molecule has 2 N–H and O–H groups in total. The van der Waals surface area contributed by atoms with Crippen LogP contribution in [-0.2, 0) is 30.3 Å². The first kappa shape index (κ1) is 23.2. The van der Waals surface area contributed by atoms with E-state index in [2.05, 4.69) is 0 Å². The van der Waals surface area contributed by atoms with Crippen molar-refractivity contribution >= 4 is 0 Å². The average molecular weight is 398 g/mol. The van der Waals surface area contributed by atoms with Gasteiger partial charge < -0.3 is 33.9 Å². The van der Waals surface area contributed by atoms with E-state index in [0.29, 0.717) is 13.2 Å². The minimum atomic E-state index is -0.979. The topological polar surface area (TPSA) is 86.6 Å². The molecule has 7 heteroatoms. The first-order valence-corrected chi connectivity index (χ1v) is 9.89. The van der Waals surface area contributed by atoms with Crippen LogP contribution >= 0.6 is 0 Å². The lowest BCUT2D eigenvalue weighted by Crippen LogP contribution is -2.58. The Morgan fingerprint density at radius 2 is 1.68 bits per heavy atom. The van der Waals surface area contributed by atoms with Crippen LogP contribution in [0, 0.1) is 0 Å². The Bertz CT molecular complexity index is 537. The molecule has 0 radical (unpaired) electrons. The molecule has 7 nitrogen and oxygen atoms in total. The minimum Gasteiger partial charge on any atom is -0.394 e. The number of benzene rings is 1. The Balaban J connectivity index is 2.15. The Labute approximate surface area is 167 Å². The summed E-state index contributed by atoms with van der Waals surface area (Å²) in [6.45, 7) is 8.07. The molecule has 0 spiro atoms. The predicted octanol–water partition coefficient (Wildman–Crippen LogP) is 1.89. The number of ether oxygens (including phenoxy) is 5. The molecule has 1 fully saturated rings. The van der Waals surface area contributed by atoms with Crippen LogP contribution in [-0.4, -0.2) is 72.9 Å². The van der Waals surface area contributed by atoms with Crippen molar-refractivity contribution in [1.82, 2.24) is 0 Å².